The number of H-pyrrole nitrogens is 1. The molecule has 0 saturated heterocycles. The predicted octanol–water partition coefficient (Wildman–Crippen LogP) is 7.96. The van der Waals surface area contributed by atoms with Crippen LogP contribution in [0, 0.1) is 19.3 Å². The highest BCUT2D eigenvalue weighted by atomic mass is 35.5. The Labute approximate surface area is 463 Å². The number of aryl methyl sites for hydroxylation is 4. The number of hydrogen-bond acceptors (Lipinski definition) is 16. The molecule has 0 aliphatic carbocycles. The second kappa shape index (κ2) is 24.9. The maximum Gasteiger partial charge on any atom is 0.354 e. The highest BCUT2D eigenvalue weighted by Gasteiger charge is 2.49. The van der Waals surface area contributed by atoms with Crippen LogP contribution in [0.4, 0.5) is 5.69 Å². The van der Waals surface area contributed by atoms with E-state index in [-0.39, 0.29) is 52.9 Å². The number of carbonyl (C=O) groups is 4. The normalized spacial score (nSPS) is 16.1. The van der Waals surface area contributed by atoms with Gasteiger partial charge in [-0.05, 0) is 121 Å². The van der Waals surface area contributed by atoms with Crippen molar-refractivity contribution >= 4 is 73.8 Å². The molecule has 0 bridgehead atoms. The van der Waals surface area contributed by atoms with Crippen molar-refractivity contribution in [2.75, 3.05) is 44.3 Å². The van der Waals surface area contributed by atoms with Gasteiger partial charge in [0.15, 0.2) is 21.2 Å². The molecule has 0 saturated carbocycles. The molecule has 3 aliphatic rings. The number of ether oxygens (including phenoxy) is 4. The first-order chi connectivity index (χ1) is 36.7. The Kier molecular flexibility index (Phi) is 19.3. The second-order valence-corrected chi connectivity index (χ2v) is 22.7. The topological polar surface area (TPSA) is 241 Å². The van der Waals surface area contributed by atoms with Crippen LogP contribution >= 0.6 is 23.2 Å². The number of hydrogen-bond donors (Lipinski definition) is 1. The largest absolute Gasteiger partial charge is 0.464 e. The van der Waals surface area contributed by atoms with E-state index in [0.29, 0.717) is 83.3 Å². The van der Waals surface area contributed by atoms with Gasteiger partial charge in [0.25, 0.3) is 11.1 Å². The Balaban J connectivity index is 0.000000190. The van der Waals surface area contributed by atoms with Gasteiger partial charge >= 0.3 is 17.9 Å². The second-order valence-electron chi connectivity index (χ2n) is 19.9. The first kappa shape index (κ1) is 60.4. The minimum Gasteiger partial charge on any atom is -0.464 e. The molecule has 1 unspecified atom stereocenters. The number of nitrogens with zero attached hydrogens (tertiary/aromatic N) is 6. The van der Waals surface area contributed by atoms with Gasteiger partial charge in [0.1, 0.15) is 23.4 Å². The van der Waals surface area contributed by atoms with Crippen molar-refractivity contribution in [3.63, 3.8) is 0 Å². The zero-order valence-corrected chi connectivity index (χ0v) is 48.4. The van der Waals surface area contributed by atoms with Crippen molar-refractivity contribution in [2.24, 2.45) is 22.7 Å². The smallest absolute Gasteiger partial charge is 0.354 e. The number of halogens is 2. The molecule has 5 heterocycles. The van der Waals surface area contributed by atoms with Crippen LogP contribution in [0.15, 0.2) is 73.4 Å². The summed E-state index contributed by atoms with van der Waals surface area (Å²) in [4.78, 5) is 80.7. The minimum absolute atomic E-state index is 0.00623. The number of esters is 3. The van der Waals surface area contributed by atoms with Gasteiger partial charge in [-0.25, -0.2) is 32.4 Å². The van der Waals surface area contributed by atoms with Gasteiger partial charge in [0, 0.05) is 48.5 Å². The third-order valence-electron chi connectivity index (χ3n) is 13.1. The van der Waals surface area contributed by atoms with Crippen LogP contribution in [0.3, 0.4) is 0 Å². The standard InChI is InChI=1S/C23H32N2O4.C16H18Cl2N2O4.C16H17N3O5S/c1-7-16-13-15(3)14-17(8-2)18(16)19-20(26)24-9-11-28-12-10-25(24)21(19)29-22(27)23(4,5)6;1-4-23-14(21)12-9-16(3,15(22)24-5-2)20(19-12)13-7-6-10(17)8-11(13)18;1-9-10(15(20)11-8-17-19(2)16(11)21)4-5-13(25(3,22)23)14(9)12-6-7-24-18-12/h13-14H,7-12H2,1-6H3;6-8H,4-5,9H2,1-3H3;4-5,8,17H,6-7H2,1-3H3. The summed E-state index contributed by atoms with van der Waals surface area (Å²) in [5.74, 6) is -1.55. The lowest BCUT2D eigenvalue weighted by Gasteiger charge is -2.32. The van der Waals surface area contributed by atoms with Crippen LogP contribution in [0.25, 0.3) is 11.1 Å². The van der Waals surface area contributed by atoms with Crippen molar-refractivity contribution in [3.05, 3.63) is 118 Å². The van der Waals surface area contributed by atoms with E-state index >= 15 is 0 Å². The zero-order chi connectivity index (χ0) is 57.6. The summed E-state index contributed by atoms with van der Waals surface area (Å²) in [6, 6.07) is 11.9. The van der Waals surface area contributed by atoms with E-state index in [1.807, 2.05) is 20.8 Å². The fourth-order valence-corrected chi connectivity index (χ4v) is 10.5. The van der Waals surface area contributed by atoms with E-state index in [1.165, 1.54) is 40.6 Å². The van der Waals surface area contributed by atoms with Crippen LogP contribution in [0.5, 0.6) is 5.88 Å². The van der Waals surface area contributed by atoms with Gasteiger partial charge in [-0.2, -0.15) is 5.10 Å². The van der Waals surface area contributed by atoms with Gasteiger partial charge < -0.3 is 28.9 Å². The lowest BCUT2D eigenvalue weighted by atomic mass is 9.91. The maximum atomic E-state index is 13.5. The number of ketones is 1. The SMILES string of the molecule is CCOC(=O)C1=NN(c2ccc(Cl)cc2Cl)C(C)(C(=O)OCC)C1.CCc1cc(C)cc(CC)c1-c1c(OC(=O)C(C)(C)C)n2n(c1=O)CCOCC2.Cc1c(C(=O)c2c[nH]n(C)c2=O)ccc(S(C)(=O)=O)c1C1=NOCC1. The van der Waals surface area contributed by atoms with Crippen molar-refractivity contribution < 1.29 is 51.4 Å². The molecule has 420 valence electrons. The number of benzene rings is 3. The fourth-order valence-electron chi connectivity index (χ4n) is 9.06. The molecule has 1 N–H and O–H groups in total. The van der Waals surface area contributed by atoms with Crippen molar-refractivity contribution in [1.82, 2.24) is 19.1 Å². The van der Waals surface area contributed by atoms with Crippen LogP contribution in [0.1, 0.15) is 112 Å². The molecule has 78 heavy (non-hydrogen) atoms. The fraction of sp³-hybridized carbons (Fsp3) is 0.455. The summed E-state index contributed by atoms with van der Waals surface area (Å²) >= 11 is 12.2. The molecule has 2 aromatic heterocycles. The Morgan fingerprint density at radius 2 is 1.47 bits per heavy atom. The summed E-state index contributed by atoms with van der Waals surface area (Å²) < 4.78 is 50.5. The number of fused-ring (bicyclic) bond motifs is 1. The van der Waals surface area contributed by atoms with E-state index in [1.54, 1.807) is 55.3 Å². The number of carbonyl (C=O) groups excluding carboxylic acids is 4. The number of oxime groups is 1. The third-order valence-corrected chi connectivity index (χ3v) is 14.7. The molecule has 3 aliphatic heterocycles. The summed E-state index contributed by atoms with van der Waals surface area (Å²) in [7, 11) is -2.02. The highest BCUT2D eigenvalue weighted by Crippen LogP contribution is 2.40. The summed E-state index contributed by atoms with van der Waals surface area (Å²) in [5.41, 5.74) is 4.50. The monoisotopic (exact) mass is 1140 g/mol. The van der Waals surface area contributed by atoms with E-state index in [4.69, 9.17) is 47.0 Å². The molecule has 1 atom stereocenters. The van der Waals surface area contributed by atoms with Gasteiger partial charge in [0.2, 0.25) is 5.88 Å². The van der Waals surface area contributed by atoms with Crippen LogP contribution < -0.4 is 20.9 Å². The van der Waals surface area contributed by atoms with Crippen molar-refractivity contribution in [3.8, 4) is 17.0 Å². The van der Waals surface area contributed by atoms with Gasteiger partial charge in [-0.1, -0.05) is 59.9 Å². The number of nitrogens with one attached hydrogen (secondary N) is 1. The number of aromatic nitrogens is 4. The van der Waals surface area contributed by atoms with E-state index in [0.717, 1.165) is 35.8 Å². The highest BCUT2D eigenvalue weighted by molar-refractivity contribution is 7.90. The summed E-state index contributed by atoms with van der Waals surface area (Å²) in [6.07, 6.45) is 4.54. The Hall–Kier alpha value is -6.81. The number of rotatable bonds is 13. The number of anilines is 1. The average molecular weight is 1140 g/mol. The first-order valence-corrected chi connectivity index (χ1v) is 28.1. The van der Waals surface area contributed by atoms with Crippen LogP contribution in [-0.4, -0.2) is 108 Å². The minimum atomic E-state index is -3.52. The number of aromatic amines is 1. The molecule has 5 aromatic rings. The third kappa shape index (κ3) is 12.9. The van der Waals surface area contributed by atoms with Gasteiger partial charge in [0.05, 0.1) is 66.2 Å². The lowest BCUT2D eigenvalue weighted by Crippen LogP contribution is -2.48. The van der Waals surface area contributed by atoms with Crippen LogP contribution in [0.2, 0.25) is 10.0 Å². The Morgan fingerprint density at radius 1 is 0.833 bits per heavy atom. The molecule has 0 spiro atoms. The molecule has 0 amide bonds. The predicted molar refractivity (Wildman–Crippen MR) is 297 cm³/mol. The average Bonchev–Trinajstić information content (AvgIpc) is 4.29. The molecule has 20 nitrogen and oxygen atoms in total. The summed E-state index contributed by atoms with van der Waals surface area (Å²) in [5, 5.41) is 13.0. The number of sulfone groups is 1. The molecule has 23 heteroatoms. The van der Waals surface area contributed by atoms with Crippen molar-refractivity contribution in [2.45, 2.75) is 118 Å². The van der Waals surface area contributed by atoms with E-state index < -0.39 is 44.1 Å². The van der Waals surface area contributed by atoms with Gasteiger partial charge in [-0.3, -0.25) is 23.9 Å². The van der Waals surface area contributed by atoms with Gasteiger partial charge in [-0.15, -0.1) is 0 Å². The Bertz CT molecular complexity index is 3410. The quantitative estimate of drug-likeness (QED) is 0.0869. The van der Waals surface area contributed by atoms with E-state index in [9.17, 15) is 37.2 Å². The molecular formula is C55H67Cl2N7O13S. The summed E-state index contributed by atoms with van der Waals surface area (Å²) in [6.45, 7) is 21.0. The molecule has 0 fully saturated rings. The number of hydrazone groups is 1. The molecule has 8 rings (SSSR count). The lowest BCUT2D eigenvalue weighted by molar-refractivity contribution is -0.148. The zero-order valence-electron chi connectivity index (χ0n) is 46.1. The van der Waals surface area contributed by atoms with Crippen molar-refractivity contribution in [1.29, 1.82) is 0 Å². The molecule has 0 radical (unpaired) electrons. The Morgan fingerprint density at radius 3 is 2.01 bits per heavy atom. The first-order valence-electron chi connectivity index (χ1n) is 25.5. The molecule has 3 aromatic carbocycles. The maximum absolute atomic E-state index is 13.5. The van der Waals surface area contributed by atoms with Crippen LogP contribution in [-0.2, 0) is 76.2 Å². The molecular weight excluding hydrogens is 1070 g/mol. The van der Waals surface area contributed by atoms with E-state index in [2.05, 4.69) is 48.3 Å².